The first-order valence-corrected chi connectivity index (χ1v) is 9.36. The zero-order chi connectivity index (χ0) is 21.6. The van der Waals surface area contributed by atoms with Crippen molar-refractivity contribution in [2.24, 2.45) is 0 Å². The van der Waals surface area contributed by atoms with Gasteiger partial charge in [-0.2, -0.15) is 13.2 Å². The summed E-state index contributed by atoms with van der Waals surface area (Å²) in [5, 5.41) is 0.641. The minimum atomic E-state index is -4.65. The number of aromatic nitrogens is 2. The maximum absolute atomic E-state index is 13.5. The Kier molecular flexibility index (Phi) is 4.95. The number of fused-ring (bicyclic) bond motifs is 1. The highest BCUT2D eigenvalue weighted by Crippen LogP contribution is 2.35. The highest BCUT2D eigenvalue weighted by atomic mass is 35.5. The lowest BCUT2D eigenvalue weighted by Crippen LogP contribution is -2.23. The molecule has 2 aromatic carbocycles. The molecule has 152 valence electrons. The van der Waals surface area contributed by atoms with E-state index < -0.39 is 17.3 Å². The largest absolute Gasteiger partial charge is 0.417 e. The zero-order valence-electron chi connectivity index (χ0n) is 15.0. The summed E-state index contributed by atoms with van der Waals surface area (Å²) in [5.74, 6) is 0. The summed E-state index contributed by atoms with van der Waals surface area (Å²) in [6, 6.07) is 13.5. The molecule has 0 spiro atoms. The molecular formula is C21H12Cl2F3N3O. The van der Waals surface area contributed by atoms with Crippen molar-refractivity contribution < 1.29 is 13.2 Å². The van der Waals surface area contributed by atoms with Gasteiger partial charge in [-0.15, -0.1) is 0 Å². The Morgan fingerprint density at radius 3 is 2.30 bits per heavy atom. The van der Waals surface area contributed by atoms with Crippen molar-refractivity contribution in [1.29, 1.82) is 0 Å². The summed E-state index contributed by atoms with van der Waals surface area (Å²) >= 11 is 12.2. The van der Waals surface area contributed by atoms with Crippen molar-refractivity contribution in [1.82, 2.24) is 9.55 Å². The maximum Gasteiger partial charge on any atom is 0.417 e. The quantitative estimate of drug-likeness (QED) is 0.410. The van der Waals surface area contributed by atoms with Gasteiger partial charge in [0.2, 0.25) is 0 Å². The van der Waals surface area contributed by atoms with E-state index in [0.717, 1.165) is 10.6 Å². The van der Waals surface area contributed by atoms with E-state index in [9.17, 15) is 18.0 Å². The van der Waals surface area contributed by atoms with Crippen molar-refractivity contribution in [2.75, 3.05) is 5.73 Å². The molecule has 4 rings (SSSR count). The van der Waals surface area contributed by atoms with Crippen molar-refractivity contribution in [3.63, 3.8) is 0 Å². The van der Waals surface area contributed by atoms with Gasteiger partial charge in [0.1, 0.15) is 5.52 Å². The molecular weight excluding hydrogens is 438 g/mol. The van der Waals surface area contributed by atoms with Crippen LogP contribution >= 0.6 is 23.2 Å². The summed E-state index contributed by atoms with van der Waals surface area (Å²) in [6.07, 6.45) is -3.96. The predicted octanol–water partition coefficient (Wildman–Crippen LogP) is 5.96. The summed E-state index contributed by atoms with van der Waals surface area (Å²) in [4.78, 5) is 17.4. The van der Waals surface area contributed by atoms with E-state index in [0.29, 0.717) is 16.8 Å². The van der Waals surface area contributed by atoms with Gasteiger partial charge in [0, 0.05) is 11.2 Å². The summed E-state index contributed by atoms with van der Waals surface area (Å²) in [7, 11) is 0. The number of nitrogen functional groups attached to an aromatic ring is 1. The highest BCUT2D eigenvalue weighted by molar-refractivity contribution is 6.32. The number of hydrogen-bond donors (Lipinski definition) is 1. The van der Waals surface area contributed by atoms with Crippen LogP contribution in [0, 0.1) is 0 Å². The number of alkyl halides is 3. The fraction of sp³-hybridized carbons (Fsp3) is 0.0476. The number of para-hydroxylation sites is 1. The Balaban J connectivity index is 2.18. The molecule has 0 aliphatic rings. The minimum Gasteiger partial charge on any atom is -0.396 e. The molecule has 0 radical (unpaired) electrons. The van der Waals surface area contributed by atoms with Crippen LogP contribution in [-0.4, -0.2) is 9.55 Å². The molecule has 0 atom stereocenters. The molecule has 0 amide bonds. The fourth-order valence-corrected chi connectivity index (χ4v) is 3.55. The van der Waals surface area contributed by atoms with Gasteiger partial charge >= 0.3 is 6.18 Å². The molecule has 9 heteroatoms. The van der Waals surface area contributed by atoms with Crippen LogP contribution in [0.1, 0.15) is 5.56 Å². The molecule has 0 saturated heterocycles. The molecule has 2 heterocycles. The third-order valence-electron chi connectivity index (χ3n) is 4.60. The Hall–Kier alpha value is -3.03. The normalized spacial score (nSPS) is 11.8. The molecule has 0 saturated carbocycles. The standard InChI is InChI=1S/C21H12Cl2F3N3O/c22-13-7-5-11(6-8-13)17-18(27)19-16(9-12(10-28-19)21(24,25)26)29(20(17)30)15-4-2-1-3-14(15)23/h1-10H,27H2. The number of halogens is 5. The van der Waals surface area contributed by atoms with E-state index in [1.807, 2.05) is 0 Å². The Labute approximate surface area is 178 Å². The molecule has 0 bridgehead atoms. The van der Waals surface area contributed by atoms with Gasteiger partial charge in [-0.1, -0.05) is 47.5 Å². The zero-order valence-corrected chi connectivity index (χ0v) is 16.6. The second kappa shape index (κ2) is 7.34. The number of rotatable bonds is 2. The molecule has 0 unspecified atom stereocenters. The molecule has 0 aliphatic heterocycles. The number of pyridine rings is 2. The molecule has 4 nitrogen and oxygen atoms in total. The molecule has 2 N–H and O–H groups in total. The topological polar surface area (TPSA) is 60.9 Å². The van der Waals surface area contributed by atoms with E-state index >= 15 is 0 Å². The fourth-order valence-electron chi connectivity index (χ4n) is 3.21. The molecule has 4 aromatic rings. The number of nitrogens with two attached hydrogens (primary N) is 1. The monoisotopic (exact) mass is 449 g/mol. The number of benzene rings is 2. The number of hydrogen-bond acceptors (Lipinski definition) is 3. The van der Waals surface area contributed by atoms with Gasteiger partial charge in [0.15, 0.2) is 0 Å². The molecule has 0 aliphatic carbocycles. The van der Waals surface area contributed by atoms with Crippen LogP contribution in [0.3, 0.4) is 0 Å². The molecule has 30 heavy (non-hydrogen) atoms. The Morgan fingerprint density at radius 1 is 1.00 bits per heavy atom. The van der Waals surface area contributed by atoms with Crippen LogP contribution in [0.4, 0.5) is 18.9 Å². The van der Waals surface area contributed by atoms with Crippen LogP contribution in [0.15, 0.2) is 65.6 Å². The van der Waals surface area contributed by atoms with E-state index in [2.05, 4.69) is 4.98 Å². The van der Waals surface area contributed by atoms with Crippen LogP contribution in [0.5, 0.6) is 0 Å². The maximum atomic E-state index is 13.5. The van der Waals surface area contributed by atoms with Gasteiger partial charge in [-0.05, 0) is 35.9 Å². The lowest BCUT2D eigenvalue weighted by Gasteiger charge is -2.17. The SMILES string of the molecule is Nc1c(-c2ccc(Cl)cc2)c(=O)n(-c2ccccc2Cl)c2cc(C(F)(F)F)cnc12. The smallest absolute Gasteiger partial charge is 0.396 e. The molecule has 2 aromatic heterocycles. The van der Waals surface area contributed by atoms with Crippen molar-refractivity contribution >= 4 is 39.9 Å². The van der Waals surface area contributed by atoms with Gasteiger partial charge in [-0.3, -0.25) is 14.3 Å². The Morgan fingerprint density at radius 2 is 1.67 bits per heavy atom. The van der Waals surface area contributed by atoms with Crippen molar-refractivity contribution in [2.45, 2.75) is 6.18 Å². The first-order chi connectivity index (χ1) is 14.2. The van der Waals surface area contributed by atoms with Crippen molar-refractivity contribution in [3.05, 3.63) is 86.8 Å². The third kappa shape index (κ3) is 3.40. The second-order valence-electron chi connectivity index (χ2n) is 6.48. The Bertz CT molecular complexity index is 1330. The lowest BCUT2D eigenvalue weighted by atomic mass is 10.0. The minimum absolute atomic E-state index is 0.0330. The second-order valence-corrected chi connectivity index (χ2v) is 7.32. The highest BCUT2D eigenvalue weighted by Gasteiger charge is 2.32. The third-order valence-corrected chi connectivity index (χ3v) is 5.18. The predicted molar refractivity (Wildman–Crippen MR) is 112 cm³/mol. The summed E-state index contributed by atoms with van der Waals surface area (Å²) in [5.41, 5.74) is 5.25. The van der Waals surface area contributed by atoms with E-state index in [4.69, 9.17) is 28.9 Å². The van der Waals surface area contributed by atoms with Gasteiger partial charge in [-0.25, -0.2) is 0 Å². The molecule has 0 fully saturated rings. The van der Waals surface area contributed by atoms with E-state index in [-0.39, 0.29) is 33.0 Å². The summed E-state index contributed by atoms with van der Waals surface area (Å²) in [6.45, 7) is 0. The number of nitrogens with zero attached hydrogens (tertiary/aromatic N) is 2. The van der Waals surface area contributed by atoms with Crippen LogP contribution < -0.4 is 11.3 Å². The average Bonchev–Trinajstić information content (AvgIpc) is 2.70. The van der Waals surface area contributed by atoms with Crippen LogP contribution in [-0.2, 0) is 6.18 Å². The first-order valence-electron chi connectivity index (χ1n) is 8.61. The van der Waals surface area contributed by atoms with Crippen LogP contribution in [0.2, 0.25) is 10.0 Å². The summed E-state index contributed by atoms with van der Waals surface area (Å²) < 4.78 is 41.0. The lowest BCUT2D eigenvalue weighted by molar-refractivity contribution is -0.137. The van der Waals surface area contributed by atoms with Gasteiger partial charge in [0.25, 0.3) is 5.56 Å². The van der Waals surface area contributed by atoms with Gasteiger partial charge in [0.05, 0.1) is 33.0 Å². The van der Waals surface area contributed by atoms with E-state index in [1.54, 1.807) is 36.4 Å². The van der Waals surface area contributed by atoms with Crippen molar-refractivity contribution in [3.8, 4) is 16.8 Å². The van der Waals surface area contributed by atoms with Crippen LogP contribution in [0.25, 0.3) is 27.8 Å². The number of anilines is 1. The first kappa shape index (κ1) is 20.3. The van der Waals surface area contributed by atoms with Gasteiger partial charge < -0.3 is 5.73 Å². The van der Waals surface area contributed by atoms with E-state index in [1.165, 1.54) is 12.1 Å². The average molecular weight is 450 g/mol.